The molecule has 5 nitrogen and oxygen atoms in total. The van der Waals surface area contributed by atoms with E-state index in [1.54, 1.807) is 18.3 Å². The molecular weight excluding hydrogens is 415 g/mol. The fourth-order valence-corrected chi connectivity index (χ4v) is 5.69. The maximum atomic E-state index is 12.9. The summed E-state index contributed by atoms with van der Waals surface area (Å²) in [6, 6.07) is 8.51. The van der Waals surface area contributed by atoms with E-state index in [1.807, 2.05) is 19.9 Å². The van der Waals surface area contributed by atoms with Crippen molar-refractivity contribution in [2.45, 2.75) is 45.3 Å². The number of benzene rings is 1. The molecule has 1 atom stereocenters. The van der Waals surface area contributed by atoms with Crippen molar-refractivity contribution in [2.75, 3.05) is 19.6 Å². The van der Waals surface area contributed by atoms with Crippen molar-refractivity contribution in [2.24, 2.45) is 0 Å². The molecular formula is C21H26F3N3O2S. The molecule has 0 aliphatic carbocycles. The summed E-state index contributed by atoms with van der Waals surface area (Å²) in [5.74, 6) is 0. The smallest absolute Gasteiger partial charge is 0.259 e. The fraction of sp³-hybridized carbons (Fsp3) is 0.476. The zero-order valence-corrected chi connectivity index (χ0v) is 17.9. The molecule has 2 aromatic rings. The molecule has 1 aromatic heterocycles. The third kappa shape index (κ3) is 4.84. The Kier molecular flexibility index (Phi) is 6.84. The molecule has 0 saturated carbocycles. The summed E-state index contributed by atoms with van der Waals surface area (Å²) in [7, 11) is -3.56. The van der Waals surface area contributed by atoms with Gasteiger partial charge in [0, 0.05) is 25.8 Å². The second-order valence-corrected chi connectivity index (χ2v) is 9.21. The first-order chi connectivity index (χ1) is 14.2. The predicted octanol–water partition coefficient (Wildman–Crippen LogP) is 4.41. The van der Waals surface area contributed by atoms with E-state index >= 15 is 0 Å². The Balaban J connectivity index is 1.77. The average molecular weight is 442 g/mol. The van der Waals surface area contributed by atoms with Crippen LogP contribution in [0.2, 0.25) is 0 Å². The number of alkyl halides is 3. The zero-order chi connectivity index (χ0) is 21.9. The van der Waals surface area contributed by atoms with Gasteiger partial charge in [0.15, 0.2) is 0 Å². The van der Waals surface area contributed by atoms with E-state index in [0.29, 0.717) is 43.7 Å². The van der Waals surface area contributed by atoms with Crippen LogP contribution in [-0.4, -0.2) is 41.6 Å². The van der Waals surface area contributed by atoms with E-state index in [-0.39, 0.29) is 6.04 Å². The van der Waals surface area contributed by atoms with Crippen molar-refractivity contribution in [3.8, 4) is 0 Å². The SMILES string of the molecule is CCN(CC)S(=O)(=O)N1CCC[C@H]1c1ccc(Cc2cccc(C(F)(F)F)c2)cn1. The monoisotopic (exact) mass is 441 g/mol. The average Bonchev–Trinajstić information content (AvgIpc) is 3.20. The van der Waals surface area contributed by atoms with Crippen molar-refractivity contribution in [3.05, 3.63) is 65.0 Å². The highest BCUT2D eigenvalue weighted by atomic mass is 32.2. The van der Waals surface area contributed by atoms with Gasteiger partial charge in [0.05, 0.1) is 17.3 Å². The summed E-state index contributed by atoms with van der Waals surface area (Å²) in [5.41, 5.74) is 1.31. The van der Waals surface area contributed by atoms with Crippen molar-refractivity contribution in [3.63, 3.8) is 0 Å². The van der Waals surface area contributed by atoms with Crippen LogP contribution in [0.15, 0.2) is 42.6 Å². The Morgan fingerprint density at radius 2 is 1.87 bits per heavy atom. The topological polar surface area (TPSA) is 53.5 Å². The van der Waals surface area contributed by atoms with Crippen molar-refractivity contribution in [1.29, 1.82) is 0 Å². The maximum absolute atomic E-state index is 12.9. The summed E-state index contributed by atoms with van der Waals surface area (Å²) < 4.78 is 67.5. The fourth-order valence-electron chi connectivity index (χ4n) is 3.84. The van der Waals surface area contributed by atoms with Crippen LogP contribution < -0.4 is 0 Å². The van der Waals surface area contributed by atoms with Crippen LogP contribution in [0.4, 0.5) is 13.2 Å². The van der Waals surface area contributed by atoms with Crippen molar-refractivity contribution < 1.29 is 21.6 Å². The van der Waals surface area contributed by atoms with Crippen LogP contribution in [0.1, 0.15) is 55.1 Å². The first-order valence-corrected chi connectivity index (χ1v) is 11.4. The van der Waals surface area contributed by atoms with Gasteiger partial charge < -0.3 is 0 Å². The molecule has 3 rings (SSSR count). The largest absolute Gasteiger partial charge is 0.416 e. The lowest BCUT2D eigenvalue weighted by Gasteiger charge is -2.29. The normalized spacial score (nSPS) is 18.3. The molecule has 0 amide bonds. The van der Waals surface area contributed by atoms with Crippen LogP contribution in [0.3, 0.4) is 0 Å². The molecule has 9 heteroatoms. The van der Waals surface area contributed by atoms with Gasteiger partial charge in [-0.15, -0.1) is 0 Å². The molecule has 1 aromatic carbocycles. The third-order valence-electron chi connectivity index (χ3n) is 5.38. The van der Waals surface area contributed by atoms with E-state index in [1.165, 1.54) is 14.7 Å². The van der Waals surface area contributed by atoms with E-state index < -0.39 is 21.9 Å². The number of pyridine rings is 1. The Labute approximate surface area is 175 Å². The van der Waals surface area contributed by atoms with Gasteiger partial charge in [-0.3, -0.25) is 4.98 Å². The van der Waals surface area contributed by atoms with Gasteiger partial charge >= 0.3 is 6.18 Å². The van der Waals surface area contributed by atoms with Crippen LogP contribution >= 0.6 is 0 Å². The van der Waals surface area contributed by atoms with E-state index in [4.69, 9.17) is 0 Å². The van der Waals surface area contributed by atoms with Gasteiger partial charge in [0.2, 0.25) is 0 Å². The lowest BCUT2D eigenvalue weighted by atomic mass is 10.0. The number of hydrogen-bond donors (Lipinski definition) is 0. The highest BCUT2D eigenvalue weighted by Gasteiger charge is 2.38. The van der Waals surface area contributed by atoms with Gasteiger partial charge in [-0.25, -0.2) is 0 Å². The summed E-state index contributed by atoms with van der Waals surface area (Å²) in [6.07, 6.45) is -0.973. The lowest BCUT2D eigenvalue weighted by Crippen LogP contribution is -2.43. The van der Waals surface area contributed by atoms with Crippen LogP contribution in [0, 0.1) is 0 Å². The molecule has 0 spiro atoms. The van der Waals surface area contributed by atoms with Crippen molar-refractivity contribution in [1.82, 2.24) is 13.6 Å². The molecule has 1 fully saturated rings. The first-order valence-electron chi connectivity index (χ1n) is 10.0. The van der Waals surface area contributed by atoms with Gasteiger partial charge in [-0.05, 0) is 42.5 Å². The zero-order valence-electron chi connectivity index (χ0n) is 17.1. The van der Waals surface area contributed by atoms with Gasteiger partial charge in [-0.2, -0.15) is 30.2 Å². The summed E-state index contributed by atoms with van der Waals surface area (Å²) in [4.78, 5) is 4.46. The summed E-state index contributed by atoms with van der Waals surface area (Å²) in [6.45, 7) is 4.90. The highest BCUT2D eigenvalue weighted by molar-refractivity contribution is 7.86. The molecule has 164 valence electrons. The minimum atomic E-state index is -4.37. The quantitative estimate of drug-likeness (QED) is 0.639. The third-order valence-corrected chi connectivity index (χ3v) is 7.58. The molecule has 0 radical (unpaired) electrons. The second kappa shape index (κ2) is 9.03. The number of halogens is 3. The lowest BCUT2D eigenvalue weighted by molar-refractivity contribution is -0.137. The molecule has 1 saturated heterocycles. The Bertz CT molecular complexity index is 958. The first kappa shape index (κ1) is 22.7. The van der Waals surface area contributed by atoms with Crippen LogP contribution in [0.5, 0.6) is 0 Å². The van der Waals surface area contributed by atoms with Crippen molar-refractivity contribution >= 4 is 10.2 Å². The summed E-state index contributed by atoms with van der Waals surface area (Å²) >= 11 is 0. The molecule has 0 unspecified atom stereocenters. The predicted molar refractivity (Wildman–Crippen MR) is 109 cm³/mol. The molecule has 30 heavy (non-hydrogen) atoms. The number of rotatable bonds is 7. The minimum absolute atomic E-state index is 0.321. The van der Waals surface area contributed by atoms with E-state index in [9.17, 15) is 21.6 Å². The molecule has 2 heterocycles. The Hall–Kier alpha value is -1.97. The molecule has 0 bridgehead atoms. The Morgan fingerprint density at radius 1 is 1.13 bits per heavy atom. The number of nitrogens with zero attached hydrogens (tertiary/aromatic N) is 3. The van der Waals surface area contributed by atoms with Crippen LogP contribution in [0.25, 0.3) is 0 Å². The van der Waals surface area contributed by atoms with Crippen LogP contribution in [-0.2, 0) is 22.8 Å². The van der Waals surface area contributed by atoms with Gasteiger partial charge in [0.25, 0.3) is 10.2 Å². The van der Waals surface area contributed by atoms with E-state index in [2.05, 4.69) is 4.98 Å². The highest BCUT2D eigenvalue weighted by Crippen LogP contribution is 2.34. The molecule has 0 N–H and O–H groups in total. The summed E-state index contributed by atoms with van der Waals surface area (Å²) in [5, 5.41) is 0. The Morgan fingerprint density at radius 3 is 2.47 bits per heavy atom. The molecule has 1 aliphatic heterocycles. The maximum Gasteiger partial charge on any atom is 0.416 e. The number of hydrogen-bond acceptors (Lipinski definition) is 3. The minimum Gasteiger partial charge on any atom is -0.259 e. The molecule has 1 aliphatic rings. The second-order valence-electron chi connectivity index (χ2n) is 7.33. The van der Waals surface area contributed by atoms with Gasteiger partial charge in [0.1, 0.15) is 0 Å². The van der Waals surface area contributed by atoms with E-state index in [0.717, 1.165) is 24.1 Å². The number of aromatic nitrogens is 1. The van der Waals surface area contributed by atoms with Gasteiger partial charge in [-0.1, -0.05) is 38.1 Å². The standard InChI is InChI=1S/C21H26F3N3O2S/c1-3-26(4-2)30(28,29)27-12-6-9-20(27)19-11-10-17(15-25-19)13-16-7-5-8-18(14-16)21(22,23)24/h5,7-8,10-11,14-15,20H,3-4,6,9,12-13H2,1-2H3/t20-/m0/s1.